The monoisotopic (exact) mass is 285 g/mol. The molecule has 0 atom stereocenters. The van der Waals surface area contributed by atoms with Crippen molar-refractivity contribution in [3.8, 4) is 0 Å². The molecule has 0 saturated carbocycles. The summed E-state index contributed by atoms with van der Waals surface area (Å²) in [6, 6.07) is 4.26. The maximum Gasteiger partial charge on any atom is 0.171 e. The highest BCUT2D eigenvalue weighted by Gasteiger charge is 1.99. The van der Waals surface area contributed by atoms with Crippen LogP contribution in [0.1, 0.15) is 56.9 Å². The van der Waals surface area contributed by atoms with Crippen molar-refractivity contribution in [3.63, 3.8) is 0 Å². The predicted octanol–water partition coefficient (Wildman–Crippen LogP) is 0.400. The average molecular weight is 286 g/mol. The number of hydrogen-bond acceptors (Lipinski definition) is 1. The highest BCUT2D eigenvalue weighted by Crippen LogP contribution is 2.08. The summed E-state index contributed by atoms with van der Waals surface area (Å²) in [5.74, 6) is 0. The highest BCUT2D eigenvalue weighted by atomic mass is 35.5. The summed E-state index contributed by atoms with van der Waals surface area (Å²) in [6.45, 7) is 3.64. The Morgan fingerprint density at radius 1 is 0.947 bits per heavy atom. The molecule has 0 aliphatic rings. The standard InChI is InChI=1S/C16H28NO.ClH/c1-16-11-10-13-17(15-16)12-8-6-4-2-3-5-7-9-14-18;/h10-11,13,15,18H,2-9,12,14H2,1H3;1H/q+1;/p-1. The van der Waals surface area contributed by atoms with Gasteiger partial charge in [0.25, 0.3) is 0 Å². The molecule has 110 valence electrons. The number of rotatable bonds is 10. The van der Waals surface area contributed by atoms with Gasteiger partial charge in [-0.05, 0) is 25.8 Å². The molecule has 1 aromatic heterocycles. The van der Waals surface area contributed by atoms with Crippen LogP contribution in [-0.2, 0) is 6.54 Å². The molecule has 0 amide bonds. The normalized spacial score (nSPS) is 10.2. The van der Waals surface area contributed by atoms with E-state index in [1.54, 1.807) is 0 Å². The van der Waals surface area contributed by atoms with Crippen molar-refractivity contribution in [1.82, 2.24) is 0 Å². The molecule has 0 aliphatic carbocycles. The summed E-state index contributed by atoms with van der Waals surface area (Å²) in [4.78, 5) is 0. The molecule has 0 aromatic carbocycles. The van der Waals surface area contributed by atoms with Crippen LogP contribution in [0.4, 0.5) is 0 Å². The minimum Gasteiger partial charge on any atom is -1.00 e. The van der Waals surface area contributed by atoms with Crippen molar-refractivity contribution in [1.29, 1.82) is 0 Å². The Balaban J connectivity index is 0.00000324. The fourth-order valence-corrected chi connectivity index (χ4v) is 2.26. The number of aliphatic hydroxyl groups excluding tert-OH is 1. The van der Waals surface area contributed by atoms with Gasteiger partial charge in [0.05, 0.1) is 0 Å². The lowest BCUT2D eigenvalue weighted by Crippen LogP contribution is -3.00. The summed E-state index contributed by atoms with van der Waals surface area (Å²) >= 11 is 0. The largest absolute Gasteiger partial charge is 1.00 e. The molecular formula is C16H28ClNO. The number of aliphatic hydroxyl groups is 1. The Morgan fingerprint density at radius 2 is 1.53 bits per heavy atom. The lowest BCUT2D eigenvalue weighted by molar-refractivity contribution is -0.697. The molecule has 0 spiro atoms. The Hall–Kier alpha value is -0.600. The molecule has 19 heavy (non-hydrogen) atoms. The third-order valence-electron chi connectivity index (χ3n) is 3.33. The van der Waals surface area contributed by atoms with Gasteiger partial charge in [0.2, 0.25) is 0 Å². The molecule has 0 fully saturated rings. The third kappa shape index (κ3) is 9.92. The van der Waals surface area contributed by atoms with Crippen molar-refractivity contribution in [3.05, 3.63) is 30.1 Å². The number of aryl methyl sites for hydroxylation is 2. The maximum absolute atomic E-state index is 8.66. The van der Waals surface area contributed by atoms with Gasteiger partial charge in [-0.1, -0.05) is 32.1 Å². The van der Waals surface area contributed by atoms with E-state index in [1.807, 2.05) is 0 Å². The van der Waals surface area contributed by atoms with E-state index in [-0.39, 0.29) is 12.4 Å². The molecular weight excluding hydrogens is 258 g/mol. The van der Waals surface area contributed by atoms with E-state index in [9.17, 15) is 0 Å². The van der Waals surface area contributed by atoms with Gasteiger partial charge in [0.1, 0.15) is 6.54 Å². The maximum atomic E-state index is 8.66. The van der Waals surface area contributed by atoms with Gasteiger partial charge in [0.15, 0.2) is 12.4 Å². The molecule has 0 radical (unpaired) electrons. The highest BCUT2D eigenvalue weighted by molar-refractivity contribution is 5.01. The number of nitrogens with zero attached hydrogens (tertiary/aromatic N) is 1. The third-order valence-corrected chi connectivity index (χ3v) is 3.33. The number of pyridine rings is 1. The van der Waals surface area contributed by atoms with Crippen molar-refractivity contribution in [2.45, 2.75) is 64.8 Å². The first kappa shape index (κ1) is 18.4. The molecule has 0 bridgehead atoms. The molecule has 1 rings (SSSR count). The van der Waals surface area contributed by atoms with Crippen molar-refractivity contribution < 1.29 is 22.1 Å². The van der Waals surface area contributed by atoms with E-state index in [0.717, 1.165) is 13.0 Å². The zero-order chi connectivity index (χ0) is 13.1. The molecule has 0 saturated heterocycles. The topological polar surface area (TPSA) is 24.1 Å². The van der Waals surface area contributed by atoms with Crippen LogP contribution in [0, 0.1) is 6.92 Å². The zero-order valence-electron chi connectivity index (χ0n) is 12.2. The summed E-state index contributed by atoms with van der Waals surface area (Å²) in [5, 5.41) is 8.66. The first-order valence-electron chi connectivity index (χ1n) is 7.39. The Labute approximate surface area is 124 Å². The van der Waals surface area contributed by atoms with Crippen LogP contribution < -0.4 is 17.0 Å². The fourth-order valence-electron chi connectivity index (χ4n) is 2.26. The van der Waals surface area contributed by atoms with Crippen LogP contribution in [0.25, 0.3) is 0 Å². The molecule has 1 N–H and O–H groups in total. The van der Waals surface area contributed by atoms with Gasteiger partial charge < -0.3 is 17.5 Å². The van der Waals surface area contributed by atoms with E-state index in [4.69, 9.17) is 5.11 Å². The van der Waals surface area contributed by atoms with Crippen molar-refractivity contribution in [2.75, 3.05) is 6.61 Å². The second-order valence-electron chi connectivity index (χ2n) is 5.17. The van der Waals surface area contributed by atoms with Crippen LogP contribution in [-0.4, -0.2) is 11.7 Å². The van der Waals surface area contributed by atoms with Crippen LogP contribution in [0.15, 0.2) is 24.5 Å². The fraction of sp³-hybridized carbons (Fsp3) is 0.688. The second kappa shape index (κ2) is 12.4. The molecule has 2 nitrogen and oxygen atoms in total. The van der Waals surface area contributed by atoms with Gasteiger partial charge in [0, 0.05) is 24.7 Å². The molecule has 1 aromatic rings. The van der Waals surface area contributed by atoms with Crippen molar-refractivity contribution >= 4 is 0 Å². The molecule has 0 aliphatic heterocycles. The van der Waals surface area contributed by atoms with Crippen molar-refractivity contribution in [2.24, 2.45) is 0 Å². The van der Waals surface area contributed by atoms with Gasteiger partial charge in [-0.3, -0.25) is 0 Å². The lowest BCUT2D eigenvalue weighted by atomic mass is 10.1. The van der Waals surface area contributed by atoms with E-state index < -0.39 is 0 Å². The smallest absolute Gasteiger partial charge is 0.171 e. The first-order valence-corrected chi connectivity index (χ1v) is 7.39. The van der Waals surface area contributed by atoms with Crippen LogP contribution in [0.3, 0.4) is 0 Å². The summed E-state index contributed by atoms with van der Waals surface area (Å²) < 4.78 is 2.29. The van der Waals surface area contributed by atoms with Gasteiger partial charge in [-0.25, -0.2) is 4.57 Å². The van der Waals surface area contributed by atoms with Crippen LogP contribution in [0.5, 0.6) is 0 Å². The Kier molecular flexibility index (Phi) is 12.0. The second-order valence-corrected chi connectivity index (χ2v) is 5.17. The minimum absolute atomic E-state index is 0. The molecule has 3 heteroatoms. The summed E-state index contributed by atoms with van der Waals surface area (Å²) in [5.41, 5.74) is 1.33. The Morgan fingerprint density at radius 3 is 2.11 bits per heavy atom. The Bertz CT molecular complexity index is 317. The van der Waals surface area contributed by atoms with Gasteiger partial charge >= 0.3 is 0 Å². The van der Waals surface area contributed by atoms with Gasteiger partial charge in [-0.15, -0.1) is 0 Å². The number of hydrogen-bond donors (Lipinski definition) is 1. The van der Waals surface area contributed by atoms with E-state index in [1.165, 1.54) is 50.5 Å². The average Bonchev–Trinajstić information content (AvgIpc) is 2.37. The summed E-state index contributed by atoms with van der Waals surface area (Å²) in [6.07, 6.45) is 14.5. The van der Waals surface area contributed by atoms with E-state index in [0.29, 0.717) is 6.61 Å². The molecule has 0 unspecified atom stereocenters. The first-order chi connectivity index (χ1) is 8.83. The zero-order valence-corrected chi connectivity index (χ0v) is 12.9. The van der Waals surface area contributed by atoms with Crippen LogP contribution in [0.2, 0.25) is 0 Å². The quantitative estimate of drug-likeness (QED) is 0.488. The SMILES string of the molecule is Cc1ccc[n+](CCCCCCCCCCO)c1.[Cl-]. The van der Waals surface area contributed by atoms with E-state index in [2.05, 4.69) is 36.0 Å². The van der Waals surface area contributed by atoms with Crippen LogP contribution >= 0.6 is 0 Å². The number of halogens is 1. The lowest BCUT2D eigenvalue weighted by Gasteiger charge is -2.01. The van der Waals surface area contributed by atoms with E-state index >= 15 is 0 Å². The molecule has 1 heterocycles. The predicted molar refractivity (Wildman–Crippen MR) is 75.4 cm³/mol. The minimum atomic E-state index is 0. The van der Waals surface area contributed by atoms with Gasteiger partial charge in [-0.2, -0.15) is 0 Å². The number of unbranched alkanes of at least 4 members (excludes halogenated alkanes) is 7. The summed E-state index contributed by atoms with van der Waals surface area (Å²) in [7, 11) is 0. The number of aromatic nitrogens is 1.